The Bertz CT molecular complexity index is 561. The first kappa shape index (κ1) is 24.2. The highest BCUT2D eigenvalue weighted by atomic mass is 16.5. The van der Waals surface area contributed by atoms with Gasteiger partial charge in [-0.15, -0.1) is 11.8 Å². The van der Waals surface area contributed by atoms with Gasteiger partial charge in [0.1, 0.15) is 0 Å². The van der Waals surface area contributed by atoms with Crippen LogP contribution in [0.5, 0.6) is 0 Å². The zero-order chi connectivity index (χ0) is 20.8. The fourth-order valence-electron chi connectivity index (χ4n) is 3.49. The molecule has 5 nitrogen and oxygen atoms in total. The second kappa shape index (κ2) is 14.2. The van der Waals surface area contributed by atoms with Gasteiger partial charge in [0.25, 0.3) is 0 Å². The highest BCUT2D eigenvalue weighted by molar-refractivity contribution is 5.79. The molecule has 1 rings (SSSR count). The number of methoxy groups -OCH3 is 1. The number of aliphatic hydroxyl groups is 1. The van der Waals surface area contributed by atoms with E-state index in [1.54, 1.807) is 0 Å². The third-order valence-corrected chi connectivity index (χ3v) is 5.34. The van der Waals surface area contributed by atoms with E-state index in [1.807, 2.05) is 24.0 Å². The quantitative estimate of drug-likeness (QED) is 0.237. The molecule has 0 saturated carbocycles. The summed E-state index contributed by atoms with van der Waals surface area (Å²) < 4.78 is 4.64. The molecule has 158 valence electrons. The van der Waals surface area contributed by atoms with Gasteiger partial charge in [-0.3, -0.25) is 9.59 Å². The summed E-state index contributed by atoms with van der Waals surface area (Å²) in [6.07, 6.45) is 11.3. The number of carbonyl (C=O) groups is 2. The molecule has 28 heavy (non-hydrogen) atoms. The van der Waals surface area contributed by atoms with Gasteiger partial charge in [0.15, 0.2) is 0 Å². The van der Waals surface area contributed by atoms with E-state index in [2.05, 4.69) is 23.5 Å². The van der Waals surface area contributed by atoms with E-state index in [0.717, 1.165) is 51.5 Å². The van der Waals surface area contributed by atoms with Gasteiger partial charge in [-0.05, 0) is 31.6 Å². The number of amides is 1. The summed E-state index contributed by atoms with van der Waals surface area (Å²) in [7, 11) is 1.41. The summed E-state index contributed by atoms with van der Waals surface area (Å²) in [5.74, 6) is 6.36. The molecule has 1 aliphatic heterocycles. The zero-order valence-electron chi connectivity index (χ0n) is 17.8. The zero-order valence-corrected chi connectivity index (χ0v) is 17.8. The van der Waals surface area contributed by atoms with E-state index in [0.29, 0.717) is 19.3 Å². The Hall–Kier alpha value is -1.80. The highest BCUT2D eigenvalue weighted by Gasteiger charge is 2.28. The molecule has 0 aromatic rings. The third kappa shape index (κ3) is 8.93. The summed E-state index contributed by atoms with van der Waals surface area (Å²) in [6.45, 7) is 4.83. The second-order valence-corrected chi connectivity index (χ2v) is 7.39. The van der Waals surface area contributed by atoms with E-state index in [4.69, 9.17) is 0 Å². The molecule has 0 spiro atoms. The fourth-order valence-corrected chi connectivity index (χ4v) is 3.49. The van der Waals surface area contributed by atoms with Crippen LogP contribution in [0.2, 0.25) is 0 Å². The predicted molar refractivity (Wildman–Crippen MR) is 111 cm³/mol. The first-order chi connectivity index (χ1) is 13.5. The molecular weight excluding hydrogens is 354 g/mol. The Morgan fingerprint density at radius 2 is 2.04 bits per heavy atom. The number of unbranched alkanes of at least 4 members (excludes halogenated alkanes) is 3. The van der Waals surface area contributed by atoms with Crippen LogP contribution in [0.1, 0.15) is 78.1 Å². The van der Waals surface area contributed by atoms with E-state index in [9.17, 15) is 14.7 Å². The monoisotopic (exact) mass is 391 g/mol. The number of rotatable bonds is 12. The van der Waals surface area contributed by atoms with E-state index in [-0.39, 0.29) is 23.8 Å². The largest absolute Gasteiger partial charge is 0.469 e. The van der Waals surface area contributed by atoms with Crippen LogP contribution in [0, 0.1) is 17.8 Å². The molecule has 1 amide bonds. The number of nitrogens with zero attached hydrogens (tertiary/aromatic N) is 1. The maximum absolute atomic E-state index is 12.2. The van der Waals surface area contributed by atoms with E-state index < -0.39 is 6.10 Å². The minimum absolute atomic E-state index is 0.0800. The van der Waals surface area contributed by atoms with Crippen LogP contribution < -0.4 is 0 Å². The van der Waals surface area contributed by atoms with Gasteiger partial charge in [0.2, 0.25) is 5.91 Å². The summed E-state index contributed by atoms with van der Waals surface area (Å²) in [5, 5.41) is 10.5. The molecule has 1 aliphatic rings. The molecule has 0 aromatic heterocycles. The molecular formula is C23H37NO4. The van der Waals surface area contributed by atoms with Crippen LogP contribution in [0.3, 0.4) is 0 Å². The van der Waals surface area contributed by atoms with Gasteiger partial charge < -0.3 is 14.7 Å². The SMILES string of the molecule is CCC#CCC(CC)C(O)/C=C/[C@H]1CCC(=O)N1CCCCCCC(=O)OC. The number of hydrogen-bond acceptors (Lipinski definition) is 4. The standard InChI is InChI=1S/C23H37NO4/c1-4-6-9-12-19(5-2)21(25)16-14-20-15-17-22(26)24(20)18-11-8-7-10-13-23(27)28-3/h14,16,19-21,25H,4-5,7-8,10-13,15,17-18H2,1-3H3/b16-14+/t19?,20-,21?/m0/s1. The van der Waals surface area contributed by atoms with Crippen molar-refractivity contribution in [3.8, 4) is 11.8 Å². The number of esters is 1. The molecule has 1 fully saturated rings. The van der Waals surface area contributed by atoms with Crippen molar-refractivity contribution in [2.45, 2.75) is 90.2 Å². The van der Waals surface area contributed by atoms with Crippen molar-refractivity contribution in [2.24, 2.45) is 5.92 Å². The Kier molecular flexibility index (Phi) is 12.3. The van der Waals surface area contributed by atoms with E-state index in [1.165, 1.54) is 7.11 Å². The third-order valence-electron chi connectivity index (χ3n) is 5.34. The van der Waals surface area contributed by atoms with Crippen LogP contribution in [0.4, 0.5) is 0 Å². The molecule has 1 heterocycles. The molecule has 1 saturated heterocycles. The molecule has 2 unspecified atom stereocenters. The van der Waals surface area contributed by atoms with Gasteiger partial charge in [-0.2, -0.15) is 0 Å². The molecule has 1 N–H and O–H groups in total. The Morgan fingerprint density at radius 1 is 1.29 bits per heavy atom. The maximum atomic E-state index is 12.2. The van der Waals surface area contributed by atoms with E-state index >= 15 is 0 Å². The van der Waals surface area contributed by atoms with Crippen LogP contribution in [0.25, 0.3) is 0 Å². The Morgan fingerprint density at radius 3 is 2.71 bits per heavy atom. The Balaban J connectivity index is 2.43. The summed E-state index contributed by atoms with van der Waals surface area (Å²) in [5.41, 5.74) is 0. The van der Waals surface area contributed by atoms with Gasteiger partial charge in [0.05, 0.1) is 19.3 Å². The first-order valence-corrected chi connectivity index (χ1v) is 10.7. The Labute approximate surface area is 170 Å². The average molecular weight is 392 g/mol. The molecule has 0 bridgehead atoms. The number of hydrogen-bond donors (Lipinski definition) is 1. The lowest BCUT2D eigenvalue weighted by Crippen LogP contribution is -2.33. The number of likely N-dealkylation sites (tertiary alicyclic amines) is 1. The van der Waals surface area contributed by atoms with Crippen molar-refractivity contribution in [1.82, 2.24) is 4.90 Å². The lowest BCUT2D eigenvalue weighted by molar-refractivity contribution is -0.140. The molecule has 5 heteroatoms. The van der Waals surface area contributed by atoms with Gasteiger partial charge in [0, 0.05) is 32.2 Å². The topological polar surface area (TPSA) is 66.8 Å². The van der Waals surface area contributed by atoms with Crippen molar-refractivity contribution >= 4 is 11.9 Å². The van der Waals surface area contributed by atoms with Crippen molar-refractivity contribution in [3.63, 3.8) is 0 Å². The van der Waals surface area contributed by atoms with Crippen molar-refractivity contribution < 1.29 is 19.4 Å². The minimum Gasteiger partial charge on any atom is -0.469 e. The number of aliphatic hydroxyl groups excluding tert-OH is 1. The summed E-state index contributed by atoms with van der Waals surface area (Å²) in [6, 6.07) is 0.0800. The van der Waals surface area contributed by atoms with Crippen LogP contribution in [-0.4, -0.2) is 47.7 Å². The van der Waals surface area contributed by atoms with Crippen molar-refractivity contribution in [3.05, 3.63) is 12.2 Å². The number of ether oxygens (including phenoxy) is 1. The summed E-state index contributed by atoms with van der Waals surface area (Å²) >= 11 is 0. The summed E-state index contributed by atoms with van der Waals surface area (Å²) in [4.78, 5) is 25.2. The highest BCUT2D eigenvalue weighted by Crippen LogP contribution is 2.22. The van der Waals surface area contributed by atoms with Crippen LogP contribution in [-0.2, 0) is 14.3 Å². The first-order valence-electron chi connectivity index (χ1n) is 10.7. The molecule has 0 aliphatic carbocycles. The molecule has 0 aromatic carbocycles. The fraction of sp³-hybridized carbons (Fsp3) is 0.739. The lowest BCUT2D eigenvalue weighted by Gasteiger charge is -2.23. The second-order valence-electron chi connectivity index (χ2n) is 7.39. The molecule has 3 atom stereocenters. The van der Waals surface area contributed by atoms with Gasteiger partial charge in [-0.1, -0.05) is 38.8 Å². The van der Waals surface area contributed by atoms with Gasteiger partial charge >= 0.3 is 5.97 Å². The lowest BCUT2D eigenvalue weighted by atomic mass is 9.95. The van der Waals surface area contributed by atoms with Crippen LogP contribution in [0.15, 0.2) is 12.2 Å². The molecule has 0 radical (unpaired) electrons. The van der Waals surface area contributed by atoms with Crippen molar-refractivity contribution in [2.75, 3.05) is 13.7 Å². The smallest absolute Gasteiger partial charge is 0.305 e. The number of carbonyl (C=O) groups excluding carboxylic acids is 2. The van der Waals surface area contributed by atoms with Gasteiger partial charge in [-0.25, -0.2) is 0 Å². The predicted octanol–water partition coefficient (Wildman–Crippen LogP) is 3.85. The van der Waals surface area contributed by atoms with Crippen molar-refractivity contribution in [1.29, 1.82) is 0 Å². The minimum atomic E-state index is -0.521. The normalized spacial score (nSPS) is 18.8. The maximum Gasteiger partial charge on any atom is 0.305 e. The average Bonchev–Trinajstić information content (AvgIpc) is 3.05. The van der Waals surface area contributed by atoms with Crippen LogP contribution >= 0.6 is 0 Å².